The molecular formula is C68H127NO8P+. The number of quaternary nitrogens is 1. The molecule has 0 aromatic heterocycles. The van der Waals surface area contributed by atoms with Gasteiger partial charge in [0.2, 0.25) is 0 Å². The molecular weight excluding hydrogens is 990 g/mol. The Balaban J connectivity index is 4.06. The Hall–Kier alpha value is -2.29. The van der Waals surface area contributed by atoms with Crippen LogP contribution in [0.5, 0.6) is 0 Å². The largest absolute Gasteiger partial charge is 0.472 e. The number of nitrogens with zero attached hydrogens (tertiary/aromatic N) is 1. The standard InChI is InChI=1S/C68H126NO8P/c1-6-8-10-12-14-16-18-20-22-24-26-28-30-31-32-33-34-35-36-37-39-40-42-44-46-48-50-52-54-56-58-60-67(70)74-64-66(65-76-78(72,73)75-63-62-69(3,4)5)77-68(71)61-59-57-55-53-51-49-47-45-43-41-38-29-27-25-23-21-19-17-15-13-11-9-7-2/h18-21,24-27,38,41,66H,6-17,22-23,28-37,39-40,42-65H2,1-5H3/p+1/b20-18-,21-19-,26-24-,27-25-,41-38-. The lowest BCUT2D eigenvalue weighted by Gasteiger charge is -2.24. The fourth-order valence-electron chi connectivity index (χ4n) is 9.41. The molecule has 456 valence electrons. The maximum absolute atomic E-state index is 12.8. The molecule has 0 bridgehead atoms. The molecule has 0 saturated carbocycles. The number of hydrogen-bond acceptors (Lipinski definition) is 7. The van der Waals surface area contributed by atoms with Gasteiger partial charge in [-0.2, -0.15) is 0 Å². The second kappa shape index (κ2) is 59.3. The summed E-state index contributed by atoms with van der Waals surface area (Å²) in [5.41, 5.74) is 0. The number of likely N-dealkylation sites (N-methyl/N-ethyl adjacent to an activating group) is 1. The minimum absolute atomic E-state index is 0.0297. The molecule has 9 nitrogen and oxygen atoms in total. The van der Waals surface area contributed by atoms with Crippen LogP contribution in [0.15, 0.2) is 60.8 Å². The van der Waals surface area contributed by atoms with E-state index in [-0.39, 0.29) is 32.0 Å². The van der Waals surface area contributed by atoms with E-state index in [0.29, 0.717) is 17.4 Å². The molecule has 0 aromatic rings. The smallest absolute Gasteiger partial charge is 0.462 e. The molecule has 0 fully saturated rings. The third-order valence-corrected chi connectivity index (χ3v) is 15.5. The predicted octanol–water partition coefficient (Wildman–Crippen LogP) is 21.0. The fraction of sp³-hybridized carbons (Fsp3) is 0.824. The molecule has 78 heavy (non-hydrogen) atoms. The van der Waals surface area contributed by atoms with Crippen LogP contribution in [-0.4, -0.2) is 74.9 Å². The van der Waals surface area contributed by atoms with Crippen LogP contribution in [0.2, 0.25) is 0 Å². The van der Waals surface area contributed by atoms with Gasteiger partial charge in [-0.15, -0.1) is 0 Å². The summed E-state index contributed by atoms with van der Waals surface area (Å²) in [6.45, 7) is 4.44. The minimum atomic E-state index is -4.39. The summed E-state index contributed by atoms with van der Waals surface area (Å²) in [6.07, 6.45) is 77.4. The number of rotatable bonds is 61. The highest BCUT2D eigenvalue weighted by molar-refractivity contribution is 7.47. The van der Waals surface area contributed by atoms with Crippen LogP contribution in [0.25, 0.3) is 0 Å². The van der Waals surface area contributed by atoms with Gasteiger partial charge < -0.3 is 18.9 Å². The lowest BCUT2D eigenvalue weighted by atomic mass is 10.0. The zero-order valence-electron chi connectivity index (χ0n) is 51.9. The van der Waals surface area contributed by atoms with Crippen molar-refractivity contribution < 1.29 is 42.1 Å². The molecule has 0 saturated heterocycles. The van der Waals surface area contributed by atoms with Crippen molar-refractivity contribution in [1.29, 1.82) is 0 Å². The first-order valence-corrected chi connectivity index (χ1v) is 34.5. The molecule has 0 radical (unpaired) electrons. The van der Waals surface area contributed by atoms with Crippen molar-refractivity contribution >= 4 is 19.8 Å². The predicted molar refractivity (Wildman–Crippen MR) is 335 cm³/mol. The summed E-state index contributed by atoms with van der Waals surface area (Å²) < 4.78 is 34.7. The molecule has 0 aliphatic heterocycles. The lowest BCUT2D eigenvalue weighted by Crippen LogP contribution is -2.37. The van der Waals surface area contributed by atoms with Crippen molar-refractivity contribution in [3.63, 3.8) is 0 Å². The fourth-order valence-corrected chi connectivity index (χ4v) is 10.2. The van der Waals surface area contributed by atoms with E-state index < -0.39 is 26.5 Å². The van der Waals surface area contributed by atoms with E-state index in [2.05, 4.69) is 74.6 Å². The Labute approximate surface area is 483 Å². The number of phosphoric ester groups is 1. The number of unbranched alkanes of at least 4 members (excludes halogenated alkanes) is 37. The van der Waals surface area contributed by atoms with Crippen LogP contribution in [0.1, 0.15) is 309 Å². The van der Waals surface area contributed by atoms with Gasteiger partial charge in [0.05, 0.1) is 27.7 Å². The zero-order valence-corrected chi connectivity index (χ0v) is 52.8. The van der Waals surface area contributed by atoms with Gasteiger partial charge >= 0.3 is 19.8 Å². The molecule has 2 atom stereocenters. The van der Waals surface area contributed by atoms with E-state index in [0.717, 1.165) is 64.2 Å². The third kappa shape index (κ3) is 62.9. The second-order valence-electron chi connectivity index (χ2n) is 23.5. The Morgan fingerprint density at radius 2 is 0.692 bits per heavy atom. The number of ether oxygens (including phenoxy) is 2. The van der Waals surface area contributed by atoms with Gasteiger partial charge in [-0.3, -0.25) is 18.6 Å². The SMILES string of the molecule is CCCCCCC/C=C\C/C=C\C/C=C\CCCCCCCCCCC(=O)OC(COC(=O)CCCCCCCCCCCCCCCCCCCCC/C=C\C/C=C\CCCCCCC)COP(=O)(O)OCC[N+](C)(C)C. The van der Waals surface area contributed by atoms with Gasteiger partial charge in [-0.05, 0) is 83.5 Å². The first kappa shape index (κ1) is 75.7. The minimum Gasteiger partial charge on any atom is -0.462 e. The van der Waals surface area contributed by atoms with E-state index in [9.17, 15) is 19.0 Å². The highest BCUT2D eigenvalue weighted by atomic mass is 31.2. The summed E-state index contributed by atoms with van der Waals surface area (Å²) in [6, 6.07) is 0. The molecule has 10 heteroatoms. The molecule has 0 aromatic carbocycles. The maximum Gasteiger partial charge on any atom is 0.472 e. The normalized spacial score (nSPS) is 13.6. The van der Waals surface area contributed by atoms with E-state index in [4.69, 9.17) is 18.5 Å². The monoisotopic (exact) mass is 1120 g/mol. The second-order valence-corrected chi connectivity index (χ2v) is 25.0. The highest BCUT2D eigenvalue weighted by Crippen LogP contribution is 2.43. The van der Waals surface area contributed by atoms with Crippen molar-refractivity contribution in [2.24, 2.45) is 0 Å². The summed E-state index contributed by atoms with van der Waals surface area (Å²) >= 11 is 0. The zero-order chi connectivity index (χ0) is 57.0. The average molecular weight is 1120 g/mol. The number of carbonyl (C=O) groups is 2. The Morgan fingerprint density at radius 3 is 1.03 bits per heavy atom. The van der Waals surface area contributed by atoms with Crippen LogP contribution in [0, 0.1) is 0 Å². The van der Waals surface area contributed by atoms with Gasteiger partial charge in [0.25, 0.3) is 0 Å². The van der Waals surface area contributed by atoms with Crippen molar-refractivity contribution in [1.82, 2.24) is 0 Å². The van der Waals surface area contributed by atoms with E-state index in [1.807, 2.05) is 21.1 Å². The van der Waals surface area contributed by atoms with Gasteiger partial charge in [0.1, 0.15) is 19.8 Å². The highest BCUT2D eigenvalue weighted by Gasteiger charge is 2.27. The molecule has 0 rings (SSSR count). The number of hydrogen-bond donors (Lipinski definition) is 1. The van der Waals surface area contributed by atoms with Gasteiger partial charge in [-0.25, -0.2) is 4.57 Å². The van der Waals surface area contributed by atoms with E-state index in [1.165, 1.54) is 212 Å². The van der Waals surface area contributed by atoms with Gasteiger partial charge in [0.15, 0.2) is 6.10 Å². The van der Waals surface area contributed by atoms with Crippen LogP contribution in [0.4, 0.5) is 0 Å². The molecule has 2 unspecified atom stereocenters. The number of allylic oxidation sites excluding steroid dienone is 10. The quantitative estimate of drug-likeness (QED) is 0.0211. The molecule has 1 N–H and O–H groups in total. The average Bonchev–Trinajstić information content (AvgIpc) is 3.40. The van der Waals surface area contributed by atoms with Crippen molar-refractivity contribution in [2.75, 3.05) is 47.5 Å². The Morgan fingerprint density at radius 1 is 0.397 bits per heavy atom. The third-order valence-electron chi connectivity index (χ3n) is 14.5. The number of carbonyl (C=O) groups excluding carboxylic acids is 2. The van der Waals surface area contributed by atoms with Gasteiger partial charge in [0, 0.05) is 12.8 Å². The number of esters is 2. The first-order valence-electron chi connectivity index (χ1n) is 33.0. The first-order chi connectivity index (χ1) is 38.0. The van der Waals surface area contributed by atoms with Crippen LogP contribution in [-0.2, 0) is 32.7 Å². The molecule has 0 aliphatic carbocycles. The van der Waals surface area contributed by atoms with Crippen molar-refractivity contribution in [2.45, 2.75) is 315 Å². The summed E-state index contributed by atoms with van der Waals surface area (Å²) in [5, 5.41) is 0. The summed E-state index contributed by atoms with van der Waals surface area (Å²) in [4.78, 5) is 35.8. The molecule has 0 spiro atoms. The van der Waals surface area contributed by atoms with E-state index >= 15 is 0 Å². The van der Waals surface area contributed by atoms with Crippen molar-refractivity contribution in [3.8, 4) is 0 Å². The summed E-state index contributed by atoms with van der Waals surface area (Å²) in [7, 11) is 1.48. The maximum atomic E-state index is 12.8. The molecule has 0 heterocycles. The van der Waals surface area contributed by atoms with Crippen molar-refractivity contribution in [3.05, 3.63) is 60.8 Å². The topological polar surface area (TPSA) is 108 Å². The Kier molecular flexibility index (Phi) is 57.6. The van der Waals surface area contributed by atoms with Crippen LogP contribution >= 0.6 is 7.82 Å². The molecule has 0 amide bonds. The van der Waals surface area contributed by atoms with Crippen LogP contribution in [0.3, 0.4) is 0 Å². The molecule has 0 aliphatic rings. The lowest BCUT2D eigenvalue weighted by molar-refractivity contribution is -0.870. The van der Waals surface area contributed by atoms with E-state index in [1.54, 1.807) is 0 Å². The van der Waals surface area contributed by atoms with Gasteiger partial charge in [-0.1, -0.05) is 274 Å². The Bertz CT molecular complexity index is 1500. The number of phosphoric acid groups is 1. The van der Waals surface area contributed by atoms with Crippen LogP contribution < -0.4 is 0 Å². The summed E-state index contributed by atoms with van der Waals surface area (Å²) in [5.74, 6) is -0.794.